The Bertz CT molecular complexity index is 819. The molecule has 0 aromatic heterocycles. The van der Waals surface area contributed by atoms with Crippen molar-refractivity contribution in [2.24, 2.45) is 0 Å². The zero-order chi connectivity index (χ0) is 36.5. The zero-order valence-electron chi connectivity index (χ0n) is 32.9. The molecule has 292 valence electrons. The molecule has 0 aliphatic heterocycles. The predicted octanol–water partition coefficient (Wildman–Crippen LogP) is 10.8. The van der Waals surface area contributed by atoms with E-state index in [4.69, 9.17) is 9.05 Å². The SMILES string of the molecule is CCCCCCCC/C=C\CCCCCCCC(=O)N[C@@H](COP(=O)(O)OCC[N+](C)(C)C)[C@H](O)CCCCCCCCCCCCCC. The summed E-state index contributed by atoms with van der Waals surface area (Å²) < 4.78 is 23.5. The Morgan fingerprint density at radius 2 is 1.10 bits per heavy atom. The second-order valence-electron chi connectivity index (χ2n) is 15.4. The van der Waals surface area contributed by atoms with E-state index in [1.807, 2.05) is 21.1 Å². The number of unbranched alkanes of at least 4 members (excludes halogenated alkanes) is 22. The van der Waals surface area contributed by atoms with E-state index >= 15 is 0 Å². The third kappa shape index (κ3) is 35.4. The first-order valence-electron chi connectivity index (χ1n) is 20.6. The normalized spacial score (nSPS) is 14.7. The number of nitrogens with zero attached hydrogens (tertiary/aromatic N) is 1. The van der Waals surface area contributed by atoms with Crippen molar-refractivity contribution in [3.8, 4) is 0 Å². The summed E-state index contributed by atoms with van der Waals surface area (Å²) in [5.41, 5.74) is 0. The summed E-state index contributed by atoms with van der Waals surface area (Å²) in [5, 5.41) is 13.9. The standard InChI is InChI=1S/C40H81N2O6P/c1-6-8-10-12-14-16-18-20-21-22-24-26-28-30-32-34-40(44)41-38(37-48-49(45,46)47-36-35-42(3,4)5)39(43)33-31-29-27-25-23-19-17-15-13-11-9-7-2/h20-21,38-39,43H,6-19,22-37H2,1-5H3,(H-,41,44,45,46)/p+1/b21-20-/t38-,39+/m0/s1. The van der Waals surface area contributed by atoms with Gasteiger partial charge in [-0.2, -0.15) is 0 Å². The van der Waals surface area contributed by atoms with E-state index in [0.29, 0.717) is 23.9 Å². The second-order valence-corrected chi connectivity index (χ2v) is 16.8. The van der Waals surface area contributed by atoms with Gasteiger partial charge in [-0.3, -0.25) is 13.8 Å². The number of aliphatic hydroxyl groups excluding tert-OH is 1. The molecule has 1 unspecified atom stereocenters. The molecule has 0 aromatic rings. The van der Waals surface area contributed by atoms with Gasteiger partial charge in [-0.15, -0.1) is 0 Å². The molecule has 0 saturated carbocycles. The fourth-order valence-electron chi connectivity index (χ4n) is 5.92. The molecule has 0 aliphatic rings. The van der Waals surface area contributed by atoms with Crippen LogP contribution in [-0.2, 0) is 18.4 Å². The number of nitrogens with one attached hydrogen (secondary N) is 1. The van der Waals surface area contributed by atoms with Crippen LogP contribution < -0.4 is 5.32 Å². The lowest BCUT2D eigenvalue weighted by molar-refractivity contribution is -0.870. The molecule has 0 aliphatic carbocycles. The average molecular weight is 718 g/mol. The highest BCUT2D eigenvalue weighted by atomic mass is 31.2. The van der Waals surface area contributed by atoms with Crippen LogP contribution in [0.2, 0.25) is 0 Å². The Hall–Kier alpha value is -0.760. The smallest absolute Gasteiger partial charge is 0.391 e. The lowest BCUT2D eigenvalue weighted by Gasteiger charge is -2.26. The monoisotopic (exact) mass is 718 g/mol. The number of carbonyl (C=O) groups is 1. The third-order valence-electron chi connectivity index (χ3n) is 9.26. The lowest BCUT2D eigenvalue weighted by Crippen LogP contribution is -2.46. The van der Waals surface area contributed by atoms with E-state index in [0.717, 1.165) is 51.4 Å². The Morgan fingerprint density at radius 3 is 1.57 bits per heavy atom. The van der Waals surface area contributed by atoms with Gasteiger partial charge in [0.2, 0.25) is 5.91 Å². The predicted molar refractivity (Wildman–Crippen MR) is 208 cm³/mol. The first-order valence-corrected chi connectivity index (χ1v) is 22.0. The molecule has 0 saturated heterocycles. The molecule has 0 fully saturated rings. The third-order valence-corrected chi connectivity index (χ3v) is 10.2. The molecule has 3 N–H and O–H groups in total. The maximum Gasteiger partial charge on any atom is 0.472 e. The molecule has 0 radical (unpaired) electrons. The fourth-order valence-corrected chi connectivity index (χ4v) is 6.66. The highest BCUT2D eigenvalue weighted by Gasteiger charge is 2.28. The van der Waals surface area contributed by atoms with Gasteiger partial charge < -0.3 is 19.8 Å². The molecule has 3 atom stereocenters. The van der Waals surface area contributed by atoms with Crippen molar-refractivity contribution in [1.29, 1.82) is 0 Å². The molecule has 1 amide bonds. The second kappa shape index (κ2) is 33.1. The summed E-state index contributed by atoms with van der Waals surface area (Å²) >= 11 is 0. The number of likely N-dealkylation sites (N-methyl/N-ethyl adjacent to an activating group) is 1. The van der Waals surface area contributed by atoms with Crippen LogP contribution in [0.4, 0.5) is 0 Å². The van der Waals surface area contributed by atoms with Crippen molar-refractivity contribution in [3.63, 3.8) is 0 Å². The van der Waals surface area contributed by atoms with Gasteiger partial charge in [0, 0.05) is 6.42 Å². The van der Waals surface area contributed by atoms with E-state index in [1.54, 1.807) is 0 Å². The van der Waals surface area contributed by atoms with Crippen molar-refractivity contribution < 1.29 is 32.9 Å². The fraction of sp³-hybridized carbons (Fsp3) is 0.925. The maximum absolute atomic E-state index is 12.8. The van der Waals surface area contributed by atoms with Crippen LogP contribution in [-0.4, -0.2) is 73.4 Å². The van der Waals surface area contributed by atoms with Gasteiger partial charge in [-0.25, -0.2) is 4.57 Å². The van der Waals surface area contributed by atoms with Crippen molar-refractivity contribution in [2.75, 3.05) is 40.9 Å². The number of rotatable bonds is 37. The molecule has 0 rings (SSSR count). The molecular weight excluding hydrogens is 635 g/mol. The van der Waals surface area contributed by atoms with Gasteiger partial charge in [0.05, 0.1) is 39.9 Å². The van der Waals surface area contributed by atoms with Gasteiger partial charge in [0.1, 0.15) is 13.2 Å². The minimum absolute atomic E-state index is 0.0746. The molecule has 0 bridgehead atoms. The number of hydrogen-bond acceptors (Lipinski definition) is 5. The molecule has 0 heterocycles. The van der Waals surface area contributed by atoms with Gasteiger partial charge in [-0.05, 0) is 38.5 Å². The number of phosphoric ester groups is 1. The Morgan fingerprint density at radius 1 is 0.673 bits per heavy atom. The summed E-state index contributed by atoms with van der Waals surface area (Å²) in [5.74, 6) is -0.154. The van der Waals surface area contributed by atoms with Crippen LogP contribution in [0.5, 0.6) is 0 Å². The topological polar surface area (TPSA) is 105 Å². The van der Waals surface area contributed by atoms with Crippen LogP contribution in [0, 0.1) is 0 Å². The maximum atomic E-state index is 12.8. The summed E-state index contributed by atoms with van der Waals surface area (Å²) in [6.45, 7) is 4.86. The summed E-state index contributed by atoms with van der Waals surface area (Å²) in [6, 6.07) is -0.759. The number of carbonyl (C=O) groups excluding carboxylic acids is 1. The first-order chi connectivity index (χ1) is 23.5. The van der Waals surface area contributed by atoms with Crippen LogP contribution in [0.1, 0.15) is 187 Å². The Balaban J connectivity index is 4.42. The minimum Gasteiger partial charge on any atom is -0.391 e. The number of allylic oxidation sites excluding steroid dienone is 2. The van der Waals surface area contributed by atoms with Crippen LogP contribution in [0.25, 0.3) is 0 Å². The molecule has 9 heteroatoms. The highest BCUT2D eigenvalue weighted by Crippen LogP contribution is 2.43. The van der Waals surface area contributed by atoms with E-state index < -0.39 is 20.0 Å². The summed E-state index contributed by atoms with van der Waals surface area (Å²) in [7, 11) is 1.61. The number of phosphoric acid groups is 1. The number of hydrogen-bond donors (Lipinski definition) is 3. The van der Waals surface area contributed by atoms with Crippen molar-refractivity contribution in [1.82, 2.24) is 5.32 Å². The van der Waals surface area contributed by atoms with Gasteiger partial charge >= 0.3 is 7.82 Å². The minimum atomic E-state index is -4.30. The Kier molecular flexibility index (Phi) is 32.6. The molecular formula is C40H82N2O6P+. The molecule has 8 nitrogen and oxygen atoms in total. The van der Waals surface area contributed by atoms with Crippen molar-refractivity contribution in [3.05, 3.63) is 12.2 Å². The van der Waals surface area contributed by atoms with Crippen molar-refractivity contribution in [2.45, 2.75) is 199 Å². The number of aliphatic hydroxyl groups is 1. The zero-order valence-corrected chi connectivity index (χ0v) is 33.8. The summed E-state index contributed by atoms with van der Waals surface area (Å²) in [4.78, 5) is 23.0. The molecule has 49 heavy (non-hydrogen) atoms. The number of quaternary nitrogens is 1. The first kappa shape index (κ1) is 48.2. The van der Waals surface area contributed by atoms with Crippen molar-refractivity contribution >= 4 is 13.7 Å². The number of amides is 1. The van der Waals surface area contributed by atoms with Crippen LogP contribution >= 0.6 is 7.82 Å². The summed E-state index contributed by atoms with van der Waals surface area (Å²) in [6.07, 6.45) is 35.1. The lowest BCUT2D eigenvalue weighted by atomic mass is 10.0. The largest absolute Gasteiger partial charge is 0.472 e. The van der Waals surface area contributed by atoms with Gasteiger partial charge in [0.15, 0.2) is 0 Å². The van der Waals surface area contributed by atoms with E-state index in [9.17, 15) is 19.4 Å². The van der Waals surface area contributed by atoms with E-state index in [1.165, 1.54) is 109 Å². The van der Waals surface area contributed by atoms with Gasteiger partial charge in [-0.1, -0.05) is 154 Å². The highest BCUT2D eigenvalue weighted by molar-refractivity contribution is 7.47. The quantitative estimate of drug-likeness (QED) is 0.0256. The molecule has 0 aromatic carbocycles. The Labute approximate surface area is 303 Å². The van der Waals surface area contributed by atoms with Crippen LogP contribution in [0.15, 0.2) is 12.2 Å². The van der Waals surface area contributed by atoms with Gasteiger partial charge in [0.25, 0.3) is 0 Å². The van der Waals surface area contributed by atoms with Crippen LogP contribution in [0.3, 0.4) is 0 Å². The average Bonchev–Trinajstić information content (AvgIpc) is 3.04. The molecule has 0 spiro atoms. The van der Waals surface area contributed by atoms with E-state index in [2.05, 4.69) is 31.3 Å². The van der Waals surface area contributed by atoms with E-state index in [-0.39, 0.29) is 19.1 Å².